The van der Waals surface area contributed by atoms with Crippen LogP contribution < -0.4 is 9.47 Å². The first-order chi connectivity index (χ1) is 13.0. The van der Waals surface area contributed by atoms with Gasteiger partial charge >= 0.3 is 11.9 Å². The summed E-state index contributed by atoms with van der Waals surface area (Å²) in [6, 6.07) is 12.9. The molecule has 0 aromatic heterocycles. The summed E-state index contributed by atoms with van der Waals surface area (Å²) in [5.74, 6) is -0.251. The Hall–Kier alpha value is -3.02. The van der Waals surface area contributed by atoms with Crippen molar-refractivity contribution < 1.29 is 28.9 Å². The lowest BCUT2D eigenvalue weighted by molar-refractivity contribution is -0.00212. The molecule has 0 fully saturated rings. The third-order valence-electron chi connectivity index (χ3n) is 3.80. The Morgan fingerprint density at radius 3 is 1.85 bits per heavy atom. The predicted molar refractivity (Wildman–Crippen MR) is 100 cm³/mol. The minimum atomic E-state index is -0.984. The van der Waals surface area contributed by atoms with Crippen molar-refractivity contribution in [3.8, 4) is 11.5 Å². The molecular weight excluding hydrogens is 348 g/mol. The Morgan fingerprint density at radius 1 is 0.889 bits per heavy atom. The van der Waals surface area contributed by atoms with Crippen molar-refractivity contribution in [2.24, 2.45) is 0 Å². The smallest absolute Gasteiger partial charge is 0.338 e. The Morgan fingerprint density at radius 2 is 1.41 bits per heavy atom. The summed E-state index contributed by atoms with van der Waals surface area (Å²) >= 11 is 0. The first kappa shape index (κ1) is 20.3. The van der Waals surface area contributed by atoms with Crippen molar-refractivity contribution in [1.29, 1.82) is 0 Å². The number of carbonyl (C=O) groups excluding carboxylic acids is 1. The number of carboxylic acid groups (broad SMARTS) is 1. The van der Waals surface area contributed by atoms with E-state index in [0.717, 1.165) is 12.8 Å². The lowest BCUT2D eigenvalue weighted by Crippen LogP contribution is -2.24. The highest BCUT2D eigenvalue weighted by Crippen LogP contribution is 2.21. The third kappa shape index (κ3) is 6.33. The molecule has 0 bridgehead atoms. The zero-order valence-corrected chi connectivity index (χ0v) is 15.5. The summed E-state index contributed by atoms with van der Waals surface area (Å²) in [4.78, 5) is 22.6. The Labute approximate surface area is 158 Å². The van der Waals surface area contributed by atoms with Gasteiger partial charge in [-0.2, -0.15) is 0 Å². The summed E-state index contributed by atoms with van der Waals surface area (Å²) in [6.07, 6.45) is 2.06. The molecule has 0 amide bonds. The molecule has 1 unspecified atom stereocenters. The number of benzene rings is 2. The second-order valence-corrected chi connectivity index (χ2v) is 5.88. The second-order valence-electron chi connectivity index (χ2n) is 5.88. The monoisotopic (exact) mass is 372 g/mol. The van der Waals surface area contributed by atoms with Gasteiger partial charge < -0.3 is 19.3 Å². The first-order valence-electron chi connectivity index (χ1n) is 8.97. The molecule has 0 radical (unpaired) electrons. The molecule has 1 atom stereocenters. The number of ether oxygens (including phenoxy) is 3. The van der Waals surface area contributed by atoms with Gasteiger partial charge in [-0.15, -0.1) is 0 Å². The van der Waals surface area contributed by atoms with Crippen LogP contribution in [-0.2, 0) is 4.74 Å². The van der Waals surface area contributed by atoms with Gasteiger partial charge in [0.05, 0.1) is 17.7 Å². The topological polar surface area (TPSA) is 82.1 Å². The standard InChI is InChI=1S/C21H24O6/c1-3-5-6-19(26-17-11-7-15(8-12-17)20(22)23)27-18-13-9-16(10-14-18)21(24)25-4-2/h7-14,19H,3-6H2,1-2H3,(H,22,23). The largest absolute Gasteiger partial charge is 0.478 e. The summed E-state index contributed by atoms with van der Waals surface area (Å²) in [7, 11) is 0. The lowest BCUT2D eigenvalue weighted by Gasteiger charge is -2.20. The molecule has 0 aliphatic heterocycles. The molecule has 0 aliphatic carbocycles. The van der Waals surface area contributed by atoms with Crippen molar-refractivity contribution in [3.05, 3.63) is 59.7 Å². The highest BCUT2D eigenvalue weighted by Gasteiger charge is 2.14. The molecule has 2 aromatic carbocycles. The molecule has 0 saturated heterocycles. The second kappa shape index (κ2) is 10.2. The van der Waals surface area contributed by atoms with E-state index in [9.17, 15) is 9.59 Å². The van der Waals surface area contributed by atoms with Gasteiger partial charge in [0.25, 0.3) is 0 Å². The third-order valence-corrected chi connectivity index (χ3v) is 3.80. The van der Waals surface area contributed by atoms with Gasteiger partial charge in [0.1, 0.15) is 11.5 Å². The predicted octanol–water partition coefficient (Wildman–Crippen LogP) is 4.54. The number of carboxylic acids is 1. The van der Waals surface area contributed by atoms with Gasteiger partial charge in [-0.3, -0.25) is 0 Å². The molecule has 0 aliphatic rings. The molecule has 0 spiro atoms. The zero-order valence-electron chi connectivity index (χ0n) is 15.5. The summed E-state index contributed by atoms with van der Waals surface area (Å²) in [5.41, 5.74) is 0.655. The molecule has 2 rings (SSSR count). The number of aromatic carboxylic acids is 1. The van der Waals surface area contributed by atoms with E-state index < -0.39 is 12.3 Å². The van der Waals surface area contributed by atoms with E-state index in [-0.39, 0.29) is 11.5 Å². The minimum Gasteiger partial charge on any atom is -0.478 e. The fourth-order valence-corrected chi connectivity index (χ4v) is 2.38. The van der Waals surface area contributed by atoms with Crippen LogP contribution in [-0.4, -0.2) is 29.9 Å². The first-order valence-corrected chi connectivity index (χ1v) is 8.97. The molecule has 6 nitrogen and oxygen atoms in total. The quantitative estimate of drug-likeness (QED) is 0.487. The van der Waals surface area contributed by atoms with E-state index in [4.69, 9.17) is 19.3 Å². The summed E-state index contributed by atoms with van der Waals surface area (Å²) < 4.78 is 16.7. The van der Waals surface area contributed by atoms with Crippen LogP contribution in [0.5, 0.6) is 11.5 Å². The number of hydrogen-bond donors (Lipinski definition) is 1. The molecule has 0 saturated carbocycles. The summed E-state index contributed by atoms with van der Waals surface area (Å²) in [6.45, 7) is 4.16. The van der Waals surface area contributed by atoms with Gasteiger partial charge in [0, 0.05) is 6.42 Å². The zero-order chi connectivity index (χ0) is 19.6. The molecule has 2 aromatic rings. The highest BCUT2D eigenvalue weighted by atomic mass is 16.7. The SMILES string of the molecule is CCCCC(Oc1ccc(C(=O)O)cc1)Oc1ccc(C(=O)OCC)cc1. The van der Waals surface area contributed by atoms with Crippen LogP contribution in [0.4, 0.5) is 0 Å². The minimum absolute atomic E-state index is 0.197. The average Bonchev–Trinajstić information content (AvgIpc) is 2.67. The van der Waals surface area contributed by atoms with Crippen LogP contribution in [0.25, 0.3) is 0 Å². The summed E-state index contributed by atoms with van der Waals surface area (Å²) in [5, 5.41) is 8.97. The molecule has 144 valence electrons. The maximum atomic E-state index is 11.7. The number of hydrogen-bond acceptors (Lipinski definition) is 5. The van der Waals surface area contributed by atoms with Crippen LogP contribution >= 0.6 is 0 Å². The molecular formula is C21H24O6. The molecule has 27 heavy (non-hydrogen) atoms. The number of carbonyl (C=O) groups is 2. The number of esters is 1. The fraction of sp³-hybridized carbons (Fsp3) is 0.333. The van der Waals surface area contributed by atoms with Crippen LogP contribution in [0, 0.1) is 0 Å². The van der Waals surface area contributed by atoms with E-state index in [2.05, 4.69) is 6.92 Å². The maximum absolute atomic E-state index is 11.7. The fourth-order valence-electron chi connectivity index (χ4n) is 2.38. The van der Waals surface area contributed by atoms with Crippen molar-refractivity contribution >= 4 is 11.9 Å². The van der Waals surface area contributed by atoms with Gasteiger partial charge in [-0.05, 0) is 61.9 Å². The molecule has 0 heterocycles. The van der Waals surface area contributed by atoms with Crippen LogP contribution in [0.1, 0.15) is 53.8 Å². The molecule has 1 N–H and O–H groups in total. The van der Waals surface area contributed by atoms with Crippen molar-refractivity contribution in [2.45, 2.75) is 39.4 Å². The normalized spacial score (nSPS) is 11.5. The van der Waals surface area contributed by atoms with E-state index in [1.807, 2.05) is 0 Å². The lowest BCUT2D eigenvalue weighted by atomic mass is 10.2. The average molecular weight is 372 g/mol. The Kier molecular flexibility index (Phi) is 7.67. The van der Waals surface area contributed by atoms with Gasteiger partial charge in [-0.1, -0.05) is 13.3 Å². The van der Waals surface area contributed by atoms with Crippen LogP contribution in [0.3, 0.4) is 0 Å². The van der Waals surface area contributed by atoms with Gasteiger partial charge in [-0.25, -0.2) is 9.59 Å². The van der Waals surface area contributed by atoms with Crippen LogP contribution in [0.2, 0.25) is 0 Å². The van der Waals surface area contributed by atoms with Gasteiger partial charge in [0.2, 0.25) is 6.29 Å². The van der Waals surface area contributed by atoms with Crippen molar-refractivity contribution in [3.63, 3.8) is 0 Å². The van der Waals surface area contributed by atoms with Crippen LogP contribution in [0.15, 0.2) is 48.5 Å². The van der Waals surface area contributed by atoms with Crippen molar-refractivity contribution in [1.82, 2.24) is 0 Å². The Bertz CT molecular complexity index is 736. The molecule has 6 heteroatoms. The van der Waals surface area contributed by atoms with E-state index in [1.54, 1.807) is 43.3 Å². The maximum Gasteiger partial charge on any atom is 0.338 e. The van der Waals surface area contributed by atoms with Crippen molar-refractivity contribution in [2.75, 3.05) is 6.61 Å². The number of rotatable bonds is 10. The Balaban J connectivity index is 2.04. The van der Waals surface area contributed by atoms with E-state index >= 15 is 0 Å². The van der Waals surface area contributed by atoms with E-state index in [0.29, 0.717) is 30.1 Å². The van der Waals surface area contributed by atoms with Gasteiger partial charge in [0.15, 0.2) is 0 Å². The number of unbranched alkanes of at least 4 members (excludes halogenated alkanes) is 1. The van der Waals surface area contributed by atoms with E-state index in [1.165, 1.54) is 12.1 Å². The highest BCUT2D eigenvalue weighted by molar-refractivity contribution is 5.89.